The van der Waals surface area contributed by atoms with Crippen molar-refractivity contribution in [3.8, 4) is 0 Å². The zero-order valence-electron chi connectivity index (χ0n) is 7.76. The summed E-state index contributed by atoms with van der Waals surface area (Å²) in [5, 5.41) is 6.66. The van der Waals surface area contributed by atoms with Crippen LogP contribution in [-0.2, 0) is 6.54 Å². The Morgan fingerprint density at radius 3 is 3.00 bits per heavy atom. The molecule has 0 spiro atoms. The third kappa shape index (κ3) is 3.32. The second kappa shape index (κ2) is 5.27. The Morgan fingerprint density at radius 1 is 1.58 bits per heavy atom. The Hall–Kier alpha value is -0.410. The average Bonchev–Trinajstić information content (AvgIpc) is 2.45. The van der Waals surface area contributed by atoms with E-state index in [-0.39, 0.29) is 0 Å². The first-order valence-corrected chi connectivity index (χ1v) is 5.32. The lowest BCUT2D eigenvalue weighted by molar-refractivity contribution is 0.639. The van der Waals surface area contributed by atoms with Crippen LogP contribution in [0.2, 0.25) is 0 Å². The minimum absolute atomic E-state index is 0.929. The van der Waals surface area contributed by atoms with Crippen LogP contribution in [0.5, 0.6) is 0 Å². The maximum absolute atomic E-state index is 4.36. The molecule has 1 aromatic rings. The van der Waals surface area contributed by atoms with E-state index in [1.807, 2.05) is 6.92 Å². The minimum atomic E-state index is 0.929. The molecule has 0 radical (unpaired) electrons. The molecule has 0 fully saturated rings. The molecule has 12 heavy (non-hydrogen) atoms. The van der Waals surface area contributed by atoms with Crippen LogP contribution in [0, 0.1) is 6.92 Å². The first kappa shape index (κ1) is 9.68. The van der Waals surface area contributed by atoms with Gasteiger partial charge in [-0.2, -0.15) is 0 Å². The maximum atomic E-state index is 4.36. The average molecular weight is 184 g/mol. The predicted molar refractivity (Wildman–Crippen MR) is 53.5 cm³/mol. The van der Waals surface area contributed by atoms with Gasteiger partial charge in [0.1, 0.15) is 5.01 Å². The Morgan fingerprint density at radius 2 is 2.42 bits per heavy atom. The number of aryl methyl sites for hydroxylation is 1. The van der Waals surface area contributed by atoms with Crippen molar-refractivity contribution in [1.29, 1.82) is 0 Å². The molecule has 1 N–H and O–H groups in total. The van der Waals surface area contributed by atoms with Gasteiger partial charge in [-0.1, -0.05) is 13.3 Å². The Bertz CT molecular complexity index is 220. The quantitative estimate of drug-likeness (QED) is 0.710. The highest BCUT2D eigenvalue weighted by Crippen LogP contribution is 2.07. The lowest BCUT2D eigenvalue weighted by Crippen LogP contribution is -2.14. The van der Waals surface area contributed by atoms with Gasteiger partial charge in [0.05, 0.1) is 0 Å². The number of unbranched alkanes of at least 4 members (excludes halogenated alkanes) is 1. The van der Waals surface area contributed by atoms with Crippen molar-refractivity contribution < 1.29 is 0 Å². The molecule has 0 bridgehead atoms. The number of rotatable bonds is 5. The fraction of sp³-hybridized carbons (Fsp3) is 0.667. The van der Waals surface area contributed by atoms with Gasteiger partial charge in [-0.15, -0.1) is 11.3 Å². The monoisotopic (exact) mass is 184 g/mol. The number of nitrogens with one attached hydrogen (secondary N) is 1. The molecule has 1 rings (SSSR count). The molecule has 3 heteroatoms. The van der Waals surface area contributed by atoms with Gasteiger partial charge in [-0.3, -0.25) is 0 Å². The lowest BCUT2D eigenvalue weighted by atomic mass is 10.3. The van der Waals surface area contributed by atoms with Gasteiger partial charge in [0.2, 0.25) is 0 Å². The fourth-order valence-corrected chi connectivity index (χ4v) is 1.72. The standard InChI is InChI=1S/C9H16N2S/c1-3-4-5-10-6-9-11-8(2)7-12-9/h7,10H,3-6H2,1-2H3. The van der Waals surface area contributed by atoms with Gasteiger partial charge >= 0.3 is 0 Å². The third-order valence-electron chi connectivity index (χ3n) is 1.65. The van der Waals surface area contributed by atoms with E-state index in [2.05, 4.69) is 22.6 Å². The van der Waals surface area contributed by atoms with Gasteiger partial charge < -0.3 is 5.32 Å². The predicted octanol–water partition coefficient (Wildman–Crippen LogP) is 2.34. The summed E-state index contributed by atoms with van der Waals surface area (Å²) in [6.45, 7) is 6.27. The highest BCUT2D eigenvalue weighted by molar-refractivity contribution is 7.09. The Labute approximate surface area is 78.0 Å². The van der Waals surface area contributed by atoms with Crippen LogP contribution in [-0.4, -0.2) is 11.5 Å². The minimum Gasteiger partial charge on any atom is -0.310 e. The molecule has 1 aromatic heterocycles. The van der Waals surface area contributed by atoms with E-state index < -0.39 is 0 Å². The Kier molecular flexibility index (Phi) is 4.25. The summed E-state index contributed by atoms with van der Waals surface area (Å²) in [6.07, 6.45) is 2.51. The molecule has 0 aliphatic rings. The zero-order chi connectivity index (χ0) is 8.81. The van der Waals surface area contributed by atoms with Crippen LogP contribution >= 0.6 is 11.3 Å². The highest BCUT2D eigenvalue weighted by atomic mass is 32.1. The molecular formula is C9H16N2S. The molecular weight excluding hydrogens is 168 g/mol. The first-order valence-electron chi connectivity index (χ1n) is 4.44. The van der Waals surface area contributed by atoms with E-state index in [0.29, 0.717) is 0 Å². The second-order valence-electron chi connectivity index (χ2n) is 2.91. The molecule has 0 unspecified atom stereocenters. The fourth-order valence-electron chi connectivity index (χ4n) is 0.981. The van der Waals surface area contributed by atoms with Crippen LogP contribution in [0.3, 0.4) is 0 Å². The third-order valence-corrected chi connectivity index (χ3v) is 2.62. The van der Waals surface area contributed by atoms with Gasteiger partial charge in [0.15, 0.2) is 0 Å². The van der Waals surface area contributed by atoms with E-state index >= 15 is 0 Å². The summed E-state index contributed by atoms with van der Waals surface area (Å²) in [7, 11) is 0. The summed E-state index contributed by atoms with van der Waals surface area (Å²) in [4.78, 5) is 4.36. The Balaban J connectivity index is 2.15. The summed E-state index contributed by atoms with van der Waals surface area (Å²) < 4.78 is 0. The van der Waals surface area contributed by atoms with Gasteiger partial charge in [-0.05, 0) is 19.9 Å². The second-order valence-corrected chi connectivity index (χ2v) is 3.86. The molecule has 68 valence electrons. The molecule has 2 nitrogen and oxygen atoms in total. The van der Waals surface area contributed by atoms with Gasteiger partial charge in [0, 0.05) is 17.6 Å². The number of aromatic nitrogens is 1. The molecule has 0 aliphatic heterocycles. The van der Waals surface area contributed by atoms with Gasteiger partial charge in [0.25, 0.3) is 0 Å². The van der Waals surface area contributed by atoms with E-state index in [1.54, 1.807) is 11.3 Å². The smallest absolute Gasteiger partial charge is 0.107 e. The summed E-state index contributed by atoms with van der Waals surface area (Å²) >= 11 is 1.73. The molecule has 0 atom stereocenters. The topological polar surface area (TPSA) is 24.9 Å². The van der Waals surface area contributed by atoms with E-state index in [1.165, 1.54) is 17.8 Å². The van der Waals surface area contributed by atoms with Crippen molar-refractivity contribution in [3.63, 3.8) is 0 Å². The van der Waals surface area contributed by atoms with Crippen LogP contribution in [0.15, 0.2) is 5.38 Å². The largest absolute Gasteiger partial charge is 0.310 e. The van der Waals surface area contributed by atoms with Crippen molar-refractivity contribution in [2.24, 2.45) is 0 Å². The number of nitrogens with zero attached hydrogens (tertiary/aromatic N) is 1. The normalized spacial score (nSPS) is 10.5. The number of hydrogen-bond acceptors (Lipinski definition) is 3. The maximum Gasteiger partial charge on any atom is 0.107 e. The number of hydrogen-bond donors (Lipinski definition) is 1. The molecule has 0 saturated heterocycles. The number of thiazole rings is 1. The van der Waals surface area contributed by atoms with E-state index in [4.69, 9.17) is 0 Å². The molecule has 0 aromatic carbocycles. The van der Waals surface area contributed by atoms with Crippen molar-refractivity contribution in [3.05, 3.63) is 16.1 Å². The van der Waals surface area contributed by atoms with Crippen LogP contribution in [0.1, 0.15) is 30.5 Å². The van der Waals surface area contributed by atoms with Crippen molar-refractivity contribution in [2.45, 2.75) is 33.2 Å². The highest BCUT2D eigenvalue weighted by Gasteiger charge is 1.96. The van der Waals surface area contributed by atoms with Crippen molar-refractivity contribution in [1.82, 2.24) is 10.3 Å². The van der Waals surface area contributed by atoms with Crippen molar-refractivity contribution in [2.75, 3.05) is 6.54 Å². The molecule has 0 saturated carbocycles. The van der Waals surface area contributed by atoms with E-state index in [9.17, 15) is 0 Å². The molecule has 0 aliphatic carbocycles. The molecule has 1 heterocycles. The first-order chi connectivity index (χ1) is 5.83. The SMILES string of the molecule is CCCCNCc1nc(C)cs1. The van der Waals surface area contributed by atoms with E-state index in [0.717, 1.165) is 18.8 Å². The van der Waals surface area contributed by atoms with Crippen molar-refractivity contribution >= 4 is 11.3 Å². The summed E-state index contributed by atoms with van der Waals surface area (Å²) in [6, 6.07) is 0. The summed E-state index contributed by atoms with van der Waals surface area (Å²) in [5.41, 5.74) is 1.13. The van der Waals surface area contributed by atoms with Gasteiger partial charge in [-0.25, -0.2) is 4.98 Å². The zero-order valence-corrected chi connectivity index (χ0v) is 8.58. The summed E-state index contributed by atoms with van der Waals surface area (Å²) in [5.74, 6) is 0. The van der Waals surface area contributed by atoms with Crippen LogP contribution < -0.4 is 5.32 Å². The van der Waals surface area contributed by atoms with Crippen LogP contribution in [0.4, 0.5) is 0 Å². The lowest BCUT2D eigenvalue weighted by Gasteiger charge is -1.99. The van der Waals surface area contributed by atoms with Crippen LogP contribution in [0.25, 0.3) is 0 Å². The molecule has 0 amide bonds.